The Morgan fingerprint density at radius 2 is 2.14 bits per heavy atom. The number of aromatic nitrogens is 2. The van der Waals surface area contributed by atoms with Gasteiger partial charge in [-0.1, -0.05) is 19.9 Å². The zero-order chi connectivity index (χ0) is 15.9. The summed E-state index contributed by atoms with van der Waals surface area (Å²) in [5.74, 6) is 0.289. The summed E-state index contributed by atoms with van der Waals surface area (Å²) in [6, 6.07) is 7.66. The van der Waals surface area contributed by atoms with Crippen LogP contribution in [-0.2, 0) is 13.5 Å². The fourth-order valence-corrected chi connectivity index (χ4v) is 3.13. The number of fused-ring (bicyclic) bond motifs is 1. The normalized spacial score (nSPS) is 14.3. The van der Waals surface area contributed by atoms with Crippen LogP contribution in [0.4, 0.5) is 11.4 Å². The van der Waals surface area contributed by atoms with E-state index in [4.69, 9.17) is 5.73 Å². The van der Waals surface area contributed by atoms with Gasteiger partial charge in [0.15, 0.2) is 5.69 Å². The number of nitrogen functional groups attached to an aromatic ring is 1. The molecule has 5 nitrogen and oxygen atoms in total. The van der Waals surface area contributed by atoms with Crippen LogP contribution < -0.4 is 10.6 Å². The van der Waals surface area contributed by atoms with Crippen molar-refractivity contribution in [3.05, 3.63) is 41.2 Å². The molecule has 1 aliphatic heterocycles. The Balaban J connectivity index is 1.98. The molecular weight excluding hydrogens is 276 g/mol. The minimum Gasteiger partial charge on any atom is -0.398 e. The molecule has 1 amide bonds. The summed E-state index contributed by atoms with van der Waals surface area (Å²) in [6.45, 7) is 4.91. The first kappa shape index (κ1) is 14.6. The molecule has 0 aliphatic carbocycles. The maximum absolute atomic E-state index is 12.9. The van der Waals surface area contributed by atoms with Crippen molar-refractivity contribution in [1.29, 1.82) is 0 Å². The van der Waals surface area contributed by atoms with Crippen LogP contribution in [0.5, 0.6) is 0 Å². The summed E-state index contributed by atoms with van der Waals surface area (Å²) in [5, 5.41) is 4.40. The van der Waals surface area contributed by atoms with Crippen LogP contribution in [0.25, 0.3) is 0 Å². The third kappa shape index (κ3) is 2.36. The molecule has 0 saturated carbocycles. The second-order valence-corrected chi connectivity index (χ2v) is 6.14. The summed E-state index contributed by atoms with van der Waals surface area (Å²) in [5.41, 5.74) is 10.4. The lowest BCUT2D eigenvalue weighted by atomic mass is 9.99. The van der Waals surface area contributed by atoms with Crippen molar-refractivity contribution < 1.29 is 4.79 Å². The third-order valence-corrected chi connectivity index (χ3v) is 4.26. The summed E-state index contributed by atoms with van der Waals surface area (Å²) >= 11 is 0. The van der Waals surface area contributed by atoms with E-state index in [0.717, 1.165) is 35.5 Å². The number of carbonyl (C=O) groups is 1. The topological polar surface area (TPSA) is 64.2 Å². The molecule has 1 aromatic heterocycles. The van der Waals surface area contributed by atoms with E-state index >= 15 is 0 Å². The predicted octanol–water partition coefficient (Wildman–Crippen LogP) is 2.72. The molecule has 22 heavy (non-hydrogen) atoms. The van der Waals surface area contributed by atoms with E-state index in [1.54, 1.807) is 4.68 Å². The van der Waals surface area contributed by atoms with Crippen molar-refractivity contribution in [3.63, 3.8) is 0 Å². The molecule has 0 radical (unpaired) electrons. The van der Waals surface area contributed by atoms with E-state index in [1.165, 1.54) is 0 Å². The summed E-state index contributed by atoms with van der Waals surface area (Å²) < 4.78 is 1.79. The second-order valence-electron chi connectivity index (χ2n) is 6.14. The standard InChI is InChI=1S/C17H22N4O/c1-11(2)16-10-14(19-20(16)3)17(22)21-9-5-6-12-13(18)7-4-8-15(12)21/h4,7-8,10-11H,5-6,9,18H2,1-3H3. The van der Waals surface area contributed by atoms with E-state index in [9.17, 15) is 4.79 Å². The lowest BCUT2D eigenvalue weighted by Gasteiger charge is -2.29. The van der Waals surface area contributed by atoms with Crippen molar-refractivity contribution in [2.75, 3.05) is 17.2 Å². The first-order chi connectivity index (χ1) is 10.5. The maximum atomic E-state index is 12.9. The van der Waals surface area contributed by atoms with Gasteiger partial charge >= 0.3 is 0 Å². The molecule has 0 bridgehead atoms. The number of carbonyl (C=O) groups excluding carboxylic acids is 1. The van der Waals surface area contributed by atoms with Gasteiger partial charge in [0.05, 0.1) is 0 Å². The average Bonchev–Trinajstić information content (AvgIpc) is 2.89. The Bertz CT molecular complexity index is 717. The van der Waals surface area contributed by atoms with E-state index < -0.39 is 0 Å². The van der Waals surface area contributed by atoms with Crippen LogP contribution in [0, 0.1) is 0 Å². The number of nitrogens with zero attached hydrogens (tertiary/aromatic N) is 3. The van der Waals surface area contributed by atoms with Gasteiger partial charge in [-0.25, -0.2) is 0 Å². The van der Waals surface area contributed by atoms with Crippen LogP contribution in [0.1, 0.15) is 47.9 Å². The van der Waals surface area contributed by atoms with Crippen molar-refractivity contribution in [1.82, 2.24) is 9.78 Å². The highest BCUT2D eigenvalue weighted by molar-refractivity contribution is 6.06. The number of nitrogens with two attached hydrogens (primary N) is 1. The Morgan fingerprint density at radius 3 is 2.82 bits per heavy atom. The Labute approximate surface area is 130 Å². The van der Waals surface area contributed by atoms with Gasteiger partial charge in [0, 0.05) is 30.7 Å². The zero-order valence-electron chi connectivity index (χ0n) is 13.3. The number of rotatable bonds is 2. The molecule has 0 saturated heterocycles. The van der Waals surface area contributed by atoms with Crippen LogP contribution in [0.2, 0.25) is 0 Å². The smallest absolute Gasteiger partial charge is 0.278 e. The van der Waals surface area contributed by atoms with Gasteiger partial charge in [0.1, 0.15) is 0 Å². The summed E-state index contributed by atoms with van der Waals surface area (Å²) in [7, 11) is 1.88. The molecule has 1 aromatic carbocycles. The number of aryl methyl sites for hydroxylation is 1. The summed E-state index contributed by atoms with van der Waals surface area (Å²) in [6.07, 6.45) is 1.85. The lowest BCUT2D eigenvalue weighted by Crippen LogP contribution is -2.36. The number of amides is 1. The fourth-order valence-electron chi connectivity index (χ4n) is 3.13. The van der Waals surface area contributed by atoms with Gasteiger partial charge in [-0.3, -0.25) is 9.48 Å². The molecule has 2 heterocycles. The molecule has 116 valence electrons. The lowest BCUT2D eigenvalue weighted by molar-refractivity contribution is 0.0979. The van der Waals surface area contributed by atoms with Crippen LogP contribution >= 0.6 is 0 Å². The highest BCUT2D eigenvalue weighted by atomic mass is 16.2. The highest BCUT2D eigenvalue weighted by Gasteiger charge is 2.26. The predicted molar refractivity (Wildman–Crippen MR) is 88.1 cm³/mol. The zero-order valence-corrected chi connectivity index (χ0v) is 13.3. The molecule has 3 rings (SSSR count). The minimum absolute atomic E-state index is 0.0472. The highest BCUT2D eigenvalue weighted by Crippen LogP contribution is 2.32. The van der Waals surface area contributed by atoms with E-state index in [-0.39, 0.29) is 5.91 Å². The molecular formula is C17H22N4O. The number of hydrogen-bond donors (Lipinski definition) is 1. The molecule has 0 spiro atoms. The Morgan fingerprint density at radius 1 is 1.36 bits per heavy atom. The summed E-state index contributed by atoms with van der Waals surface area (Å²) in [4.78, 5) is 14.7. The van der Waals surface area contributed by atoms with Gasteiger partial charge in [0.25, 0.3) is 5.91 Å². The first-order valence-electron chi connectivity index (χ1n) is 7.72. The van der Waals surface area contributed by atoms with Gasteiger partial charge in [-0.2, -0.15) is 5.10 Å². The fraction of sp³-hybridized carbons (Fsp3) is 0.412. The average molecular weight is 298 g/mol. The minimum atomic E-state index is -0.0472. The number of benzene rings is 1. The van der Waals surface area contributed by atoms with Crippen molar-refractivity contribution in [3.8, 4) is 0 Å². The number of hydrogen-bond acceptors (Lipinski definition) is 3. The van der Waals surface area contributed by atoms with Gasteiger partial charge in [0.2, 0.25) is 0 Å². The van der Waals surface area contributed by atoms with Crippen molar-refractivity contribution in [2.24, 2.45) is 7.05 Å². The SMILES string of the molecule is CC(C)c1cc(C(=O)N2CCCc3c(N)cccc32)nn1C. The van der Waals surface area contributed by atoms with Gasteiger partial charge in [-0.15, -0.1) is 0 Å². The molecule has 0 atom stereocenters. The second kappa shape index (κ2) is 5.48. The van der Waals surface area contributed by atoms with Crippen LogP contribution in [0.15, 0.2) is 24.3 Å². The molecule has 1 aliphatic rings. The monoisotopic (exact) mass is 298 g/mol. The Hall–Kier alpha value is -2.30. The van der Waals surface area contributed by atoms with Gasteiger partial charge < -0.3 is 10.6 Å². The van der Waals surface area contributed by atoms with Crippen molar-refractivity contribution >= 4 is 17.3 Å². The molecule has 0 unspecified atom stereocenters. The first-order valence-corrected chi connectivity index (χ1v) is 7.72. The number of anilines is 2. The van der Waals surface area contributed by atoms with Crippen LogP contribution in [-0.4, -0.2) is 22.2 Å². The van der Waals surface area contributed by atoms with E-state index in [1.807, 2.05) is 36.2 Å². The molecule has 0 fully saturated rings. The third-order valence-electron chi connectivity index (χ3n) is 4.26. The van der Waals surface area contributed by atoms with Crippen LogP contribution in [0.3, 0.4) is 0 Å². The largest absolute Gasteiger partial charge is 0.398 e. The van der Waals surface area contributed by atoms with E-state index in [2.05, 4.69) is 18.9 Å². The quantitative estimate of drug-likeness (QED) is 0.867. The van der Waals surface area contributed by atoms with Gasteiger partial charge in [-0.05, 0) is 42.5 Å². The molecule has 2 aromatic rings. The Kier molecular flexibility index (Phi) is 3.64. The molecule has 2 N–H and O–H groups in total. The molecule has 5 heteroatoms. The van der Waals surface area contributed by atoms with Crippen molar-refractivity contribution in [2.45, 2.75) is 32.6 Å². The maximum Gasteiger partial charge on any atom is 0.278 e. The van der Waals surface area contributed by atoms with E-state index in [0.29, 0.717) is 18.2 Å².